The average molecular weight is 382 g/mol. The van der Waals surface area contributed by atoms with Gasteiger partial charge >= 0.3 is 0 Å². The molecule has 3 aromatic rings. The topological polar surface area (TPSA) is 70.2 Å². The summed E-state index contributed by atoms with van der Waals surface area (Å²) in [5.74, 6) is 0.00615. The van der Waals surface area contributed by atoms with Crippen molar-refractivity contribution in [3.63, 3.8) is 0 Å². The maximum Gasteiger partial charge on any atom is 0.253 e. The summed E-state index contributed by atoms with van der Waals surface area (Å²) in [4.78, 5) is 18.2. The van der Waals surface area contributed by atoms with Gasteiger partial charge in [-0.15, -0.1) is 0 Å². The quantitative estimate of drug-likeness (QED) is 0.751. The molecule has 4 rings (SSSR count). The molecule has 2 heterocycles. The summed E-state index contributed by atoms with van der Waals surface area (Å²) < 4.78 is 25.3. The van der Waals surface area contributed by atoms with Gasteiger partial charge in [0.05, 0.1) is 10.6 Å². The molecule has 1 aliphatic heterocycles. The highest BCUT2D eigenvalue weighted by molar-refractivity contribution is 7.91. The summed E-state index contributed by atoms with van der Waals surface area (Å²) in [5.41, 5.74) is 1.57. The van der Waals surface area contributed by atoms with Crippen molar-refractivity contribution >= 4 is 26.6 Å². The Kier molecular flexibility index (Phi) is 4.74. The van der Waals surface area contributed by atoms with E-state index in [1.807, 2.05) is 30.5 Å². The number of carbonyl (C=O) groups is 1. The zero-order valence-corrected chi connectivity index (χ0v) is 15.8. The van der Waals surface area contributed by atoms with Gasteiger partial charge in [0.25, 0.3) is 5.91 Å². The Balaban J connectivity index is 1.48. The highest BCUT2D eigenvalue weighted by Crippen LogP contribution is 2.24. The number of hydrogen-bond donors (Lipinski definition) is 1. The number of amides is 1. The third-order valence-electron chi connectivity index (χ3n) is 5.17. The smallest absolute Gasteiger partial charge is 0.253 e. The Labute approximate surface area is 158 Å². The largest absolute Gasteiger partial charge is 0.361 e. The van der Waals surface area contributed by atoms with E-state index >= 15 is 0 Å². The number of aromatic amines is 1. The number of rotatable bonds is 4. The summed E-state index contributed by atoms with van der Waals surface area (Å²) in [5, 5.41) is 1.07. The number of hydrogen-bond acceptors (Lipinski definition) is 3. The van der Waals surface area contributed by atoms with Crippen LogP contribution in [-0.2, 0) is 9.84 Å². The number of sulfone groups is 1. The molecule has 140 valence electrons. The molecule has 27 heavy (non-hydrogen) atoms. The fraction of sp³-hybridized carbons (Fsp3) is 0.286. The van der Waals surface area contributed by atoms with Gasteiger partial charge in [0.1, 0.15) is 0 Å². The van der Waals surface area contributed by atoms with E-state index in [9.17, 15) is 13.2 Å². The summed E-state index contributed by atoms with van der Waals surface area (Å²) in [6.07, 6.45) is 3.50. The Bertz CT molecular complexity index is 1060. The second kappa shape index (κ2) is 7.19. The van der Waals surface area contributed by atoms with Gasteiger partial charge in [0.15, 0.2) is 9.84 Å². The number of nitrogens with one attached hydrogen (secondary N) is 1. The first kappa shape index (κ1) is 17.8. The first-order valence-electron chi connectivity index (χ1n) is 9.17. The first-order chi connectivity index (χ1) is 13.0. The van der Waals surface area contributed by atoms with E-state index in [0.29, 0.717) is 23.5 Å². The molecule has 1 aromatic heterocycles. The molecule has 1 saturated heterocycles. The van der Waals surface area contributed by atoms with E-state index in [4.69, 9.17) is 0 Å². The Hall–Kier alpha value is -2.60. The molecule has 0 saturated carbocycles. The Morgan fingerprint density at radius 3 is 2.74 bits per heavy atom. The fourth-order valence-corrected chi connectivity index (χ4v) is 5.44. The Morgan fingerprint density at radius 1 is 1.11 bits per heavy atom. The van der Waals surface area contributed by atoms with E-state index in [1.165, 1.54) is 0 Å². The average Bonchev–Trinajstić information content (AvgIpc) is 3.16. The predicted octanol–water partition coefficient (Wildman–Crippen LogP) is 3.49. The number of likely N-dealkylation sites (tertiary alicyclic amines) is 1. The molecular weight excluding hydrogens is 360 g/mol. The lowest BCUT2D eigenvalue weighted by Gasteiger charge is -2.32. The van der Waals surface area contributed by atoms with Crippen LogP contribution in [0.15, 0.2) is 65.7 Å². The second-order valence-corrected chi connectivity index (χ2v) is 9.17. The second-order valence-electron chi connectivity index (χ2n) is 7.13. The molecule has 2 aromatic carbocycles. The molecule has 0 aliphatic carbocycles. The van der Waals surface area contributed by atoms with Gasteiger partial charge in [0.2, 0.25) is 0 Å². The zero-order chi connectivity index (χ0) is 18.9. The molecule has 1 N–H and O–H groups in total. The van der Waals surface area contributed by atoms with Crippen LogP contribution in [0.25, 0.3) is 10.9 Å². The summed E-state index contributed by atoms with van der Waals surface area (Å²) in [6, 6.07) is 16.1. The van der Waals surface area contributed by atoms with Gasteiger partial charge < -0.3 is 9.88 Å². The fourth-order valence-electron chi connectivity index (χ4n) is 3.78. The van der Waals surface area contributed by atoms with Crippen molar-refractivity contribution in [3.05, 3.63) is 66.4 Å². The molecular formula is C21H22N2O3S. The lowest BCUT2D eigenvalue weighted by molar-refractivity contribution is 0.0684. The van der Waals surface area contributed by atoms with Crippen LogP contribution in [0.5, 0.6) is 0 Å². The van der Waals surface area contributed by atoms with Crippen molar-refractivity contribution in [3.8, 4) is 0 Å². The molecule has 0 spiro atoms. The van der Waals surface area contributed by atoms with Crippen molar-refractivity contribution in [2.75, 3.05) is 18.8 Å². The molecule has 6 heteroatoms. The number of nitrogens with zero attached hydrogens (tertiary/aromatic N) is 1. The normalized spacial score (nSPS) is 17.9. The van der Waals surface area contributed by atoms with Crippen molar-refractivity contribution < 1.29 is 13.2 Å². The third kappa shape index (κ3) is 3.76. The van der Waals surface area contributed by atoms with Crippen LogP contribution in [0.1, 0.15) is 23.2 Å². The number of fused-ring (bicyclic) bond motifs is 1. The predicted molar refractivity (Wildman–Crippen MR) is 105 cm³/mol. The molecule has 1 amide bonds. The summed E-state index contributed by atoms with van der Waals surface area (Å²) in [7, 11) is -3.34. The van der Waals surface area contributed by atoms with Gasteiger partial charge in [-0.1, -0.05) is 24.3 Å². The molecule has 1 unspecified atom stereocenters. The van der Waals surface area contributed by atoms with Crippen LogP contribution in [-0.4, -0.2) is 43.1 Å². The van der Waals surface area contributed by atoms with Crippen LogP contribution < -0.4 is 0 Å². The van der Waals surface area contributed by atoms with Crippen molar-refractivity contribution in [2.45, 2.75) is 17.7 Å². The number of piperidine rings is 1. The minimum Gasteiger partial charge on any atom is -0.361 e. The highest BCUT2D eigenvalue weighted by atomic mass is 32.2. The maximum absolute atomic E-state index is 12.9. The molecule has 5 nitrogen and oxygen atoms in total. The summed E-state index contributed by atoms with van der Waals surface area (Å²) >= 11 is 0. The number of aromatic nitrogens is 1. The van der Waals surface area contributed by atoms with Gasteiger partial charge in [-0.25, -0.2) is 8.42 Å². The SMILES string of the molecule is O=C(c1ccc2cc[nH]c2c1)N1CCCC(CS(=O)(=O)c2ccccc2)C1. The minimum absolute atomic E-state index is 0.0340. The van der Waals surface area contributed by atoms with Crippen LogP contribution >= 0.6 is 0 Å². The molecule has 0 radical (unpaired) electrons. The minimum atomic E-state index is -3.34. The number of H-pyrrole nitrogens is 1. The van der Waals surface area contributed by atoms with Crippen LogP contribution in [0.3, 0.4) is 0 Å². The van der Waals surface area contributed by atoms with Gasteiger partial charge in [-0.3, -0.25) is 4.79 Å². The van der Waals surface area contributed by atoms with Crippen molar-refractivity contribution in [2.24, 2.45) is 5.92 Å². The zero-order valence-electron chi connectivity index (χ0n) is 15.0. The number of carbonyl (C=O) groups excluding carboxylic acids is 1. The molecule has 1 fully saturated rings. The third-order valence-corrected chi connectivity index (χ3v) is 7.07. The van der Waals surface area contributed by atoms with E-state index in [2.05, 4.69) is 4.98 Å². The lowest BCUT2D eigenvalue weighted by Crippen LogP contribution is -2.41. The van der Waals surface area contributed by atoms with Crippen molar-refractivity contribution in [1.29, 1.82) is 0 Å². The van der Waals surface area contributed by atoms with Crippen molar-refractivity contribution in [1.82, 2.24) is 9.88 Å². The van der Waals surface area contributed by atoms with Crippen LogP contribution in [0, 0.1) is 5.92 Å². The van der Waals surface area contributed by atoms with Gasteiger partial charge in [0, 0.05) is 30.4 Å². The van der Waals surface area contributed by atoms with E-state index in [-0.39, 0.29) is 17.6 Å². The van der Waals surface area contributed by atoms with E-state index in [1.54, 1.807) is 35.2 Å². The molecule has 0 bridgehead atoms. The Morgan fingerprint density at radius 2 is 1.93 bits per heavy atom. The van der Waals surface area contributed by atoms with Gasteiger partial charge in [-0.05, 0) is 54.5 Å². The van der Waals surface area contributed by atoms with Gasteiger partial charge in [-0.2, -0.15) is 0 Å². The maximum atomic E-state index is 12.9. The molecule has 1 aliphatic rings. The first-order valence-corrected chi connectivity index (χ1v) is 10.8. The summed E-state index contributed by atoms with van der Waals surface area (Å²) in [6.45, 7) is 1.15. The van der Waals surface area contributed by atoms with E-state index < -0.39 is 9.84 Å². The van der Waals surface area contributed by atoms with Crippen LogP contribution in [0.2, 0.25) is 0 Å². The lowest BCUT2D eigenvalue weighted by atomic mass is 9.99. The van der Waals surface area contributed by atoms with E-state index in [0.717, 1.165) is 23.7 Å². The standard InChI is InChI=1S/C21H22N2O3S/c24-21(18-9-8-17-10-11-22-20(17)13-18)23-12-4-5-16(14-23)15-27(25,26)19-6-2-1-3-7-19/h1-3,6-11,13,16,22H,4-5,12,14-15H2. The molecule has 1 atom stereocenters. The number of benzene rings is 2. The highest BCUT2D eigenvalue weighted by Gasteiger charge is 2.28. The monoisotopic (exact) mass is 382 g/mol. The van der Waals surface area contributed by atoms with Crippen LogP contribution in [0.4, 0.5) is 0 Å².